The Morgan fingerprint density at radius 2 is 1.89 bits per heavy atom. The van der Waals surface area contributed by atoms with E-state index in [-0.39, 0.29) is 4.21 Å². The Morgan fingerprint density at radius 1 is 1.29 bits per heavy atom. The Morgan fingerprint density at radius 3 is 2.39 bits per heavy atom. The highest BCUT2D eigenvalue weighted by molar-refractivity contribution is 7.91. The molecule has 12 heteroatoms. The first kappa shape index (κ1) is 22.9. The van der Waals surface area contributed by atoms with Gasteiger partial charge in [-0.2, -0.15) is 13.2 Å². The minimum absolute atomic E-state index is 0.263. The number of hydrogen-bond donors (Lipinski definition) is 1. The third kappa shape index (κ3) is 5.37. The highest BCUT2D eigenvalue weighted by Crippen LogP contribution is 2.25. The van der Waals surface area contributed by atoms with Crippen LogP contribution in [0.15, 0.2) is 21.3 Å². The van der Waals surface area contributed by atoms with Crippen LogP contribution in [0.5, 0.6) is 0 Å². The number of nitrogens with one attached hydrogen (secondary N) is 1. The summed E-state index contributed by atoms with van der Waals surface area (Å²) in [5, 5.41) is 3.16. The number of aliphatic imine (C=N–C) groups is 1. The van der Waals surface area contributed by atoms with Crippen molar-refractivity contribution in [1.29, 1.82) is 0 Å². The van der Waals surface area contributed by atoms with Crippen LogP contribution < -0.4 is 5.32 Å². The lowest BCUT2D eigenvalue weighted by Gasteiger charge is -2.39. The maximum absolute atomic E-state index is 12.9. The first-order valence-corrected chi connectivity index (χ1v) is 11.0. The van der Waals surface area contributed by atoms with E-state index in [1.165, 1.54) is 37.3 Å². The molecule has 1 aliphatic heterocycles. The predicted octanol–water partition coefficient (Wildman–Crippen LogP) is 1.64. The molecule has 1 aromatic heterocycles. The number of hydrogen-bond acceptors (Lipinski definition) is 5. The molecule has 1 saturated heterocycles. The molecule has 0 saturated carbocycles. The number of rotatable bonds is 5. The van der Waals surface area contributed by atoms with Gasteiger partial charge in [0, 0.05) is 52.2 Å². The van der Waals surface area contributed by atoms with E-state index in [1.807, 2.05) is 4.90 Å². The molecule has 0 aliphatic carbocycles. The first-order valence-electron chi connectivity index (χ1n) is 8.74. The van der Waals surface area contributed by atoms with Gasteiger partial charge in [-0.05, 0) is 19.1 Å². The molecule has 28 heavy (non-hydrogen) atoms. The molecular weight excluding hydrogens is 415 g/mol. The predicted molar refractivity (Wildman–Crippen MR) is 104 cm³/mol. The summed E-state index contributed by atoms with van der Waals surface area (Å²) >= 11 is 1.18. The number of piperazine rings is 1. The highest BCUT2D eigenvalue weighted by atomic mass is 32.2. The normalized spacial score (nSPS) is 18.6. The van der Waals surface area contributed by atoms with Gasteiger partial charge in [-0.1, -0.05) is 0 Å². The van der Waals surface area contributed by atoms with Crippen LogP contribution in [0.3, 0.4) is 0 Å². The molecule has 1 aromatic rings. The molecule has 160 valence electrons. The van der Waals surface area contributed by atoms with Crippen LogP contribution in [0.25, 0.3) is 0 Å². The van der Waals surface area contributed by atoms with Crippen molar-refractivity contribution in [3.63, 3.8) is 0 Å². The number of halogens is 3. The molecule has 1 fully saturated rings. The van der Waals surface area contributed by atoms with Gasteiger partial charge >= 0.3 is 6.18 Å². The van der Waals surface area contributed by atoms with Gasteiger partial charge in [0.1, 0.15) is 10.3 Å². The quantitative estimate of drug-likeness (QED) is 0.556. The van der Waals surface area contributed by atoms with Gasteiger partial charge in [0.15, 0.2) is 5.96 Å². The fourth-order valence-electron chi connectivity index (χ4n) is 2.80. The van der Waals surface area contributed by atoms with Gasteiger partial charge in [-0.3, -0.25) is 9.89 Å². The summed E-state index contributed by atoms with van der Waals surface area (Å²) in [5.74, 6) is 0.588. The lowest BCUT2D eigenvalue weighted by atomic mass is 10.2. The number of thiophene rings is 1. The summed E-state index contributed by atoms with van der Waals surface area (Å²) in [6.07, 6.45) is -4.23. The monoisotopic (exact) mass is 441 g/mol. The van der Waals surface area contributed by atoms with E-state index in [9.17, 15) is 21.6 Å². The van der Waals surface area contributed by atoms with Gasteiger partial charge in [-0.25, -0.2) is 12.7 Å². The zero-order valence-electron chi connectivity index (χ0n) is 16.3. The zero-order chi connectivity index (χ0) is 21.1. The topological polar surface area (TPSA) is 68.2 Å². The Kier molecular flexibility index (Phi) is 7.34. The van der Waals surface area contributed by atoms with Crippen LogP contribution >= 0.6 is 11.3 Å². The average molecular weight is 442 g/mol. The molecule has 0 radical (unpaired) electrons. The highest BCUT2D eigenvalue weighted by Gasteiger charge is 2.41. The maximum atomic E-state index is 12.9. The number of alkyl halides is 3. The second-order valence-corrected chi connectivity index (χ2v) is 10.2. The van der Waals surface area contributed by atoms with Crippen molar-refractivity contribution in [2.24, 2.45) is 4.99 Å². The number of sulfonamides is 1. The Hall–Kier alpha value is -1.37. The first-order chi connectivity index (χ1) is 13.0. The Bertz CT molecular complexity index is 784. The molecule has 0 spiro atoms. The SMILES string of the molecule is CN=C(NCc1ccc(S(=O)(=O)N(C)C)s1)N1CCN(C(C)C(F)(F)F)CC1. The summed E-state index contributed by atoms with van der Waals surface area (Å²) in [6, 6.07) is 1.84. The smallest absolute Gasteiger partial charge is 0.351 e. The Labute approximate surface area is 167 Å². The zero-order valence-corrected chi connectivity index (χ0v) is 18.0. The van der Waals surface area contributed by atoms with Crippen molar-refractivity contribution < 1.29 is 21.6 Å². The minimum atomic E-state index is -4.23. The lowest BCUT2D eigenvalue weighted by Crippen LogP contribution is -2.56. The molecule has 0 amide bonds. The van der Waals surface area contributed by atoms with E-state index < -0.39 is 22.2 Å². The number of guanidine groups is 1. The third-order valence-electron chi connectivity index (χ3n) is 4.64. The van der Waals surface area contributed by atoms with Crippen molar-refractivity contribution in [2.45, 2.75) is 29.9 Å². The molecule has 1 unspecified atom stereocenters. The van der Waals surface area contributed by atoms with E-state index >= 15 is 0 Å². The van der Waals surface area contributed by atoms with Crippen LogP contribution in [-0.2, 0) is 16.6 Å². The van der Waals surface area contributed by atoms with Gasteiger partial charge in [0.2, 0.25) is 0 Å². The average Bonchev–Trinajstić information content (AvgIpc) is 3.11. The lowest BCUT2D eigenvalue weighted by molar-refractivity contribution is -0.181. The molecule has 7 nitrogen and oxygen atoms in total. The molecule has 1 N–H and O–H groups in total. The molecule has 0 bridgehead atoms. The van der Waals surface area contributed by atoms with Crippen molar-refractivity contribution in [3.05, 3.63) is 17.0 Å². The second kappa shape index (κ2) is 8.97. The van der Waals surface area contributed by atoms with E-state index in [4.69, 9.17) is 0 Å². The molecule has 0 aromatic carbocycles. The summed E-state index contributed by atoms with van der Waals surface area (Å²) < 4.78 is 64.3. The fraction of sp³-hybridized carbons (Fsp3) is 0.688. The molecular formula is C16H26F3N5O2S2. The van der Waals surface area contributed by atoms with Crippen molar-refractivity contribution in [1.82, 2.24) is 19.4 Å². The van der Waals surface area contributed by atoms with E-state index in [0.29, 0.717) is 38.7 Å². The summed E-state index contributed by atoms with van der Waals surface area (Å²) in [6.45, 7) is 3.03. The van der Waals surface area contributed by atoms with Crippen LogP contribution in [0.4, 0.5) is 13.2 Å². The molecule has 2 heterocycles. The summed E-state index contributed by atoms with van der Waals surface area (Å²) in [7, 11) is 1.11. The standard InChI is InChI=1S/C16H26F3N5O2S2/c1-12(16(17,18)19)23-7-9-24(10-8-23)15(20-2)21-11-13-5-6-14(27-13)28(25,26)22(3)4/h5-6,12H,7-11H2,1-4H3,(H,20,21). The molecule has 2 rings (SSSR count). The van der Waals surface area contributed by atoms with Gasteiger partial charge in [0.25, 0.3) is 10.0 Å². The van der Waals surface area contributed by atoms with Crippen molar-refractivity contribution >= 4 is 27.3 Å². The summed E-state index contributed by atoms with van der Waals surface area (Å²) in [5.41, 5.74) is 0. The minimum Gasteiger partial charge on any atom is -0.351 e. The van der Waals surface area contributed by atoms with Crippen LogP contribution in [0.2, 0.25) is 0 Å². The second-order valence-electron chi connectivity index (χ2n) is 6.65. The third-order valence-corrected chi connectivity index (χ3v) is 8.01. The van der Waals surface area contributed by atoms with Crippen LogP contribution in [-0.4, -0.2) is 88.0 Å². The van der Waals surface area contributed by atoms with Gasteiger partial charge in [-0.15, -0.1) is 11.3 Å². The van der Waals surface area contributed by atoms with E-state index in [2.05, 4.69) is 10.3 Å². The molecule has 1 aliphatic rings. The van der Waals surface area contributed by atoms with Crippen LogP contribution in [0.1, 0.15) is 11.8 Å². The van der Waals surface area contributed by atoms with Gasteiger partial charge in [0.05, 0.1) is 6.54 Å². The van der Waals surface area contributed by atoms with Crippen LogP contribution in [0, 0.1) is 0 Å². The largest absolute Gasteiger partial charge is 0.403 e. The maximum Gasteiger partial charge on any atom is 0.403 e. The molecule has 1 atom stereocenters. The summed E-state index contributed by atoms with van der Waals surface area (Å²) in [4.78, 5) is 8.35. The number of nitrogens with zero attached hydrogens (tertiary/aromatic N) is 4. The Balaban J connectivity index is 1.92. The van der Waals surface area contributed by atoms with Crippen molar-refractivity contribution in [3.8, 4) is 0 Å². The van der Waals surface area contributed by atoms with Crippen molar-refractivity contribution in [2.75, 3.05) is 47.3 Å². The fourth-order valence-corrected chi connectivity index (χ4v) is 5.26. The van der Waals surface area contributed by atoms with E-state index in [1.54, 1.807) is 19.2 Å². The van der Waals surface area contributed by atoms with E-state index in [0.717, 1.165) is 9.18 Å². The van der Waals surface area contributed by atoms with Gasteiger partial charge < -0.3 is 10.2 Å².